The normalized spacial score (nSPS) is 10.2. The maximum Gasteiger partial charge on any atom is 0.276 e. The van der Waals surface area contributed by atoms with Gasteiger partial charge in [0.05, 0.1) is 0 Å². The number of aryl methyl sites for hydroxylation is 1. The molecule has 0 saturated carbocycles. The van der Waals surface area contributed by atoms with Crippen molar-refractivity contribution in [1.29, 1.82) is 0 Å². The Hall–Kier alpha value is -3.21. The monoisotopic (exact) mass is 318 g/mol. The lowest BCUT2D eigenvalue weighted by Gasteiger charge is -2.07. The number of nitrogens with one attached hydrogen (secondary N) is 2. The number of amides is 1. The first kappa shape index (κ1) is 15.7. The fourth-order valence-electron chi connectivity index (χ4n) is 2.21. The highest BCUT2D eigenvalue weighted by molar-refractivity contribution is 6.02. The Labute approximate surface area is 140 Å². The fraction of sp³-hybridized carbons (Fsp3) is 0.105. The van der Waals surface area contributed by atoms with E-state index in [-0.39, 0.29) is 11.6 Å². The quantitative estimate of drug-likeness (QED) is 0.745. The SMILES string of the molecule is CCc1ccc(NC(=O)c2ccc(Nc3ccccc3)nn2)cc1. The van der Waals surface area contributed by atoms with Crippen molar-refractivity contribution in [1.82, 2.24) is 10.2 Å². The van der Waals surface area contributed by atoms with E-state index in [1.54, 1.807) is 12.1 Å². The predicted molar refractivity (Wildman–Crippen MR) is 95.5 cm³/mol. The minimum absolute atomic E-state index is 0.271. The van der Waals surface area contributed by atoms with E-state index < -0.39 is 0 Å². The van der Waals surface area contributed by atoms with Gasteiger partial charge in [-0.2, -0.15) is 0 Å². The molecule has 0 atom stereocenters. The lowest BCUT2D eigenvalue weighted by molar-refractivity contribution is 0.102. The molecular weight excluding hydrogens is 300 g/mol. The Kier molecular flexibility index (Phi) is 4.81. The molecule has 0 spiro atoms. The van der Waals surface area contributed by atoms with Gasteiger partial charge in [0.1, 0.15) is 0 Å². The third-order valence-corrected chi connectivity index (χ3v) is 3.56. The molecule has 2 aromatic carbocycles. The molecule has 120 valence electrons. The van der Waals surface area contributed by atoms with Crippen molar-refractivity contribution in [3.8, 4) is 0 Å². The summed E-state index contributed by atoms with van der Waals surface area (Å²) in [6.07, 6.45) is 0.968. The van der Waals surface area contributed by atoms with Gasteiger partial charge in [0.2, 0.25) is 0 Å². The average molecular weight is 318 g/mol. The number of aromatic nitrogens is 2. The molecule has 5 heteroatoms. The highest BCUT2D eigenvalue weighted by Gasteiger charge is 2.08. The lowest BCUT2D eigenvalue weighted by Crippen LogP contribution is -2.14. The summed E-state index contributed by atoms with van der Waals surface area (Å²) in [5.41, 5.74) is 3.16. The summed E-state index contributed by atoms with van der Waals surface area (Å²) in [5, 5.41) is 14.0. The zero-order valence-corrected chi connectivity index (χ0v) is 13.4. The number of anilines is 3. The lowest BCUT2D eigenvalue weighted by atomic mass is 10.1. The van der Waals surface area contributed by atoms with Gasteiger partial charge in [-0.1, -0.05) is 37.3 Å². The van der Waals surface area contributed by atoms with E-state index in [2.05, 4.69) is 27.8 Å². The van der Waals surface area contributed by atoms with Crippen LogP contribution in [0.4, 0.5) is 17.2 Å². The first-order valence-electron chi connectivity index (χ1n) is 7.80. The van der Waals surface area contributed by atoms with Crippen LogP contribution in [-0.2, 0) is 6.42 Å². The van der Waals surface area contributed by atoms with Crippen molar-refractivity contribution >= 4 is 23.1 Å². The molecular formula is C19H18N4O. The zero-order chi connectivity index (χ0) is 16.8. The maximum atomic E-state index is 12.2. The molecule has 3 aromatic rings. The van der Waals surface area contributed by atoms with Crippen LogP contribution < -0.4 is 10.6 Å². The number of benzene rings is 2. The molecule has 5 nitrogen and oxygen atoms in total. The van der Waals surface area contributed by atoms with Crippen molar-refractivity contribution in [2.75, 3.05) is 10.6 Å². The molecule has 1 amide bonds. The molecule has 0 unspecified atom stereocenters. The Morgan fingerprint density at radius 1 is 0.875 bits per heavy atom. The van der Waals surface area contributed by atoms with Crippen LogP contribution in [0.1, 0.15) is 23.0 Å². The van der Waals surface area contributed by atoms with Gasteiger partial charge in [-0.25, -0.2) is 0 Å². The van der Waals surface area contributed by atoms with Gasteiger partial charge in [-0.3, -0.25) is 4.79 Å². The second-order valence-corrected chi connectivity index (χ2v) is 5.30. The first-order chi connectivity index (χ1) is 11.7. The largest absolute Gasteiger partial charge is 0.339 e. The number of carbonyl (C=O) groups excluding carboxylic acids is 1. The highest BCUT2D eigenvalue weighted by Crippen LogP contribution is 2.14. The number of hydrogen-bond donors (Lipinski definition) is 2. The summed E-state index contributed by atoms with van der Waals surface area (Å²) in [5.74, 6) is 0.308. The van der Waals surface area contributed by atoms with Gasteiger partial charge < -0.3 is 10.6 Å². The van der Waals surface area contributed by atoms with Crippen LogP contribution in [0.25, 0.3) is 0 Å². The third kappa shape index (κ3) is 3.95. The molecule has 0 aliphatic heterocycles. The molecule has 0 radical (unpaired) electrons. The number of hydrogen-bond acceptors (Lipinski definition) is 4. The third-order valence-electron chi connectivity index (χ3n) is 3.56. The van der Waals surface area contributed by atoms with Gasteiger partial charge in [-0.05, 0) is 48.4 Å². The molecule has 0 fully saturated rings. The van der Waals surface area contributed by atoms with Crippen LogP contribution in [-0.4, -0.2) is 16.1 Å². The predicted octanol–water partition coefficient (Wildman–Crippen LogP) is 4.03. The van der Waals surface area contributed by atoms with Gasteiger partial charge in [-0.15, -0.1) is 10.2 Å². The smallest absolute Gasteiger partial charge is 0.276 e. The molecule has 0 bridgehead atoms. The van der Waals surface area contributed by atoms with Crippen molar-refractivity contribution in [2.45, 2.75) is 13.3 Å². The fourth-order valence-corrected chi connectivity index (χ4v) is 2.21. The van der Waals surface area contributed by atoms with Crippen LogP contribution >= 0.6 is 0 Å². The molecule has 2 N–H and O–H groups in total. The maximum absolute atomic E-state index is 12.2. The number of para-hydroxylation sites is 1. The molecule has 0 saturated heterocycles. The molecule has 0 aliphatic carbocycles. The van der Waals surface area contributed by atoms with Crippen LogP contribution in [0, 0.1) is 0 Å². The summed E-state index contributed by atoms with van der Waals surface area (Å²) in [7, 11) is 0. The number of rotatable bonds is 5. The standard InChI is InChI=1S/C19H18N4O/c1-2-14-8-10-16(11-9-14)21-19(24)17-12-13-18(23-22-17)20-15-6-4-3-5-7-15/h3-13H,2H2,1H3,(H,20,23)(H,21,24). The second-order valence-electron chi connectivity index (χ2n) is 5.30. The molecule has 0 aliphatic rings. The molecule has 1 heterocycles. The van der Waals surface area contributed by atoms with Crippen molar-refractivity contribution < 1.29 is 4.79 Å². The highest BCUT2D eigenvalue weighted by atomic mass is 16.1. The van der Waals surface area contributed by atoms with Crippen LogP contribution in [0.3, 0.4) is 0 Å². The summed E-state index contributed by atoms with van der Waals surface area (Å²) in [6.45, 7) is 2.09. The summed E-state index contributed by atoms with van der Waals surface area (Å²) >= 11 is 0. The van der Waals surface area contributed by atoms with E-state index >= 15 is 0 Å². The topological polar surface area (TPSA) is 66.9 Å². The Balaban J connectivity index is 1.64. The number of nitrogens with zero attached hydrogens (tertiary/aromatic N) is 2. The summed E-state index contributed by atoms with van der Waals surface area (Å²) < 4.78 is 0. The minimum atomic E-state index is -0.280. The van der Waals surface area contributed by atoms with Gasteiger partial charge in [0.15, 0.2) is 11.5 Å². The van der Waals surface area contributed by atoms with Crippen LogP contribution in [0.2, 0.25) is 0 Å². The summed E-state index contributed by atoms with van der Waals surface area (Å²) in [4.78, 5) is 12.2. The Morgan fingerprint density at radius 3 is 2.25 bits per heavy atom. The van der Waals surface area contributed by atoms with E-state index in [0.717, 1.165) is 17.8 Å². The average Bonchev–Trinajstić information content (AvgIpc) is 2.64. The van der Waals surface area contributed by atoms with E-state index in [1.807, 2.05) is 54.6 Å². The van der Waals surface area contributed by atoms with Gasteiger partial charge in [0.25, 0.3) is 5.91 Å². The van der Waals surface area contributed by atoms with Crippen LogP contribution in [0.5, 0.6) is 0 Å². The van der Waals surface area contributed by atoms with Crippen molar-refractivity contribution in [2.24, 2.45) is 0 Å². The van der Waals surface area contributed by atoms with E-state index in [1.165, 1.54) is 5.56 Å². The Bertz CT molecular complexity index is 799. The minimum Gasteiger partial charge on any atom is -0.339 e. The van der Waals surface area contributed by atoms with Crippen molar-refractivity contribution in [3.63, 3.8) is 0 Å². The van der Waals surface area contributed by atoms with E-state index in [0.29, 0.717) is 5.82 Å². The van der Waals surface area contributed by atoms with Crippen LogP contribution in [0.15, 0.2) is 66.7 Å². The van der Waals surface area contributed by atoms with Crippen molar-refractivity contribution in [3.05, 3.63) is 78.0 Å². The zero-order valence-electron chi connectivity index (χ0n) is 13.4. The van der Waals surface area contributed by atoms with Gasteiger partial charge in [0, 0.05) is 11.4 Å². The summed E-state index contributed by atoms with van der Waals surface area (Å²) in [6, 6.07) is 20.8. The van der Waals surface area contributed by atoms with E-state index in [9.17, 15) is 4.79 Å². The molecule has 3 rings (SSSR count). The van der Waals surface area contributed by atoms with Gasteiger partial charge >= 0.3 is 0 Å². The second kappa shape index (κ2) is 7.37. The Morgan fingerprint density at radius 2 is 1.62 bits per heavy atom. The first-order valence-corrected chi connectivity index (χ1v) is 7.80. The van der Waals surface area contributed by atoms with E-state index in [4.69, 9.17) is 0 Å². The molecule has 24 heavy (non-hydrogen) atoms. The molecule has 1 aromatic heterocycles. The number of carbonyl (C=O) groups is 1.